The molecule has 0 spiro atoms. The number of halogens is 1. The lowest BCUT2D eigenvalue weighted by Gasteiger charge is -2.24. The average Bonchev–Trinajstić information content (AvgIpc) is 1.95. The van der Waals surface area contributed by atoms with Crippen LogP contribution in [0.2, 0.25) is 0 Å². The number of allylic oxidation sites excluding steroid dienone is 1. The quantitative estimate of drug-likeness (QED) is 0.589. The molecule has 0 bridgehead atoms. The first-order valence-electron chi connectivity index (χ1n) is 4.03. The fourth-order valence-electron chi connectivity index (χ4n) is 0.737. The molecule has 0 radical (unpaired) electrons. The minimum absolute atomic E-state index is 0.403. The molecule has 0 aromatic heterocycles. The molecule has 6 heteroatoms. The zero-order valence-electron chi connectivity index (χ0n) is 8.61. The maximum Gasteiger partial charge on any atom is 0.305 e. The molecule has 0 amide bonds. The molecular formula is C8H15FO4S. The lowest BCUT2D eigenvalue weighted by Crippen LogP contribution is -2.26. The lowest BCUT2D eigenvalue weighted by atomic mass is 10.2. The van der Waals surface area contributed by atoms with Gasteiger partial charge < -0.3 is 4.74 Å². The van der Waals surface area contributed by atoms with E-state index in [-0.39, 0.29) is 0 Å². The smallest absolute Gasteiger partial charge is 0.305 e. The summed E-state index contributed by atoms with van der Waals surface area (Å²) in [7, 11) is -4.75. The predicted molar refractivity (Wildman–Crippen MR) is 51.0 cm³/mol. The van der Waals surface area contributed by atoms with Gasteiger partial charge in [0.05, 0.1) is 0 Å². The third-order valence-corrected chi connectivity index (χ3v) is 1.95. The molecule has 0 aromatic rings. The molecule has 0 saturated carbocycles. The highest BCUT2D eigenvalue weighted by atomic mass is 32.2. The van der Waals surface area contributed by atoms with Crippen LogP contribution in [0.4, 0.5) is 4.39 Å². The standard InChI is InChI=1S/C8H15FO4S/c1-5-6(13-8(2,3)4)7(9)14(10,11)12/h5,7H,1-4H3,(H,10,11,12). The van der Waals surface area contributed by atoms with E-state index < -0.39 is 27.0 Å². The zero-order valence-corrected chi connectivity index (χ0v) is 9.43. The molecule has 0 aromatic carbocycles. The topological polar surface area (TPSA) is 63.6 Å². The number of hydrogen-bond donors (Lipinski definition) is 1. The van der Waals surface area contributed by atoms with Gasteiger partial charge in [-0.3, -0.25) is 4.55 Å². The Labute approximate surface area is 83.5 Å². The predicted octanol–water partition coefficient (Wildman–Crippen LogP) is 1.89. The van der Waals surface area contributed by atoms with Crippen LogP contribution < -0.4 is 0 Å². The maximum absolute atomic E-state index is 13.1. The Morgan fingerprint density at radius 2 is 1.93 bits per heavy atom. The summed E-state index contributed by atoms with van der Waals surface area (Å²) in [4.78, 5) is 0. The largest absolute Gasteiger partial charge is 0.488 e. The molecule has 0 saturated heterocycles. The van der Waals surface area contributed by atoms with E-state index in [1.54, 1.807) is 20.8 Å². The minimum atomic E-state index is -4.75. The molecule has 4 nitrogen and oxygen atoms in total. The highest BCUT2D eigenvalue weighted by molar-refractivity contribution is 7.86. The highest BCUT2D eigenvalue weighted by Gasteiger charge is 2.30. The van der Waals surface area contributed by atoms with Crippen LogP contribution in [0.25, 0.3) is 0 Å². The van der Waals surface area contributed by atoms with Crippen LogP contribution >= 0.6 is 0 Å². The summed E-state index contributed by atoms with van der Waals surface area (Å²) >= 11 is 0. The number of hydrogen-bond acceptors (Lipinski definition) is 3. The Morgan fingerprint density at radius 1 is 1.50 bits per heavy atom. The van der Waals surface area contributed by atoms with Crippen LogP contribution in [-0.2, 0) is 14.9 Å². The number of alkyl halides is 1. The molecule has 0 fully saturated rings. The summed E-state index contributed by atoms with van der Waals surface area (Å²) in [5.74, 6) is -0.403. The van der Waals surface area contributed by atoms with Gasteiger partial charge in [-0.1, -0.05) is 0 Å². The van der Waals surface area contributed by atoms with E-state index in [1.807, 2.05) is 0 Å². The Balaban J connectivity index is 4.79. The van der Waals surface area contributed by atoms with Crippen molar-refractivity contribution >= 4 is 10.1 Å². The van der Waals surface area contributed by atoms with Gasteiger partial charge in [0, 0.05) is 0 Å². The van der Waals surface area contributed by atoms with E-state index in [0.29, 0.717) is 0 Å². The van der Waals surface area contributed by atoms with Crippen molar-refractivity contribution in [3.63, 3.8) is 0 Å². The normalized spacial score (nSPS) is 16.6. The number of ether oxygens (including phenoxy) is 1. The monoisotopic (exact) mass is 226 g/mol. The van der Waals surface area contributed by atoms with Crippen molar-refractivity contribution in [1.29, 1.82) is 0 Å². The van der Waals surface area contributed by atoms with Gasteiger partial charge in [-0.2, -0.15) is 8.42 Å². The van der Waals surface area contributed by atoms with Gasteiger partial charge >= 0.3 is 10.1 Å². The van der Waals surface area contributed by atoms with Crippen molar-refractivity contribution in [1.82, 2.24) is 0 Å². The van der Waals surface area contributed by atoms with Crippen molar-refractivity contribution in [3.8, 4) is 0 Å². The van der Waals surface area contributed by atoms with Gasteiger partial charge in [0.1, 0.15) is 11.4 Å². The summed E-state index contributed by atoms with van der Waals surface area (Å²) < 4.78 is 47.5. The van der Waals surface area contributed by atoms with Crippen molar-refractivity contribution in [2.24, 2.45) is 0 Å². The van der Waals surface area contributed by atoms with Crippen molar-refractivity contribution < 1.29 is 22.1 Å². The van der Waals surface area contributed by atoms with Crippen LogP contribution in [-0.4, -0.2) is 24.1 Å². The van der Waals surface area contributed by atoms with E-state index in [1.165, 1.54) is 13.0 Å². The summed E-state index contributed by atoms with van der Waals surface area (Å²) in [5.41, 5.74) is -3.23. The second-order valence-electron chi connectivity index (χ2n) is 3.74. The minimum Gasteiger partial charge on any atom is -0.488 e. The molecule has 14 heavy (non-hydrogen) atoms. The Morgan fingerprint density at radius 3 is 2.14 bits per heavy atom. The summed E-state index contributed by atoms with van der Waals surface area (Å²) in [6.07, 6.45) is 1.17. The van der Waals surface area contributed by atoms with Crippen LogP contribution in [0.1, 0.15) is 27.7 Å². The molecule has 0 aliphatic rings. The Bertz CT molecular complexity index is 313. The summed E-state index contributed by atoms with van der Waals surface area (Å²) in [6.45, 7) is 6.37. The van der Waals surface area contributed by atoms with Crippen molar-refractivity contribution in [2.45, 2.75) is 38.8 Å². The molecule has 0 rings (SSSR count). The first-order valence-corrected chi connectivity index (χ1v) is 5.54. The third-order valence-electron chi connectivity index (χ3n) is 1.19. The first kappa shape index (κ1) is 13.4. The van der Waals surface area contributed by atoms with Crippen LogP contribution in [0.5, 0.6) is 0 Å². The van der Waals surface area contributed by atoms with Gasteiger partial charge in [0.25, 0.3) is 5.50 Å². The molecular weight excluding hydrogens is 211 g/mol. The maximum atomic E-state index is 13.1. The van der Waals surface area contributed by atoms with Gasteiger partial charge in [0.15, 0.2) is 0 Å². The van der Waals surface area contributed by atoms with Gasteiger partial charge in [-0.25, -0.2) is 4.39 Å². The van der Waals surface area contributed by atoms with Crippen LogP contribution in [0.3, 0.4) is 0 Å². The van der Waals surface area contributed by atoms with Gasteiger partial charge in [-0.15, -0.1) is 0 Å². The molecule has 1 unspecified atom stereocenters. The zero-order chi connectivity index (χ0) is 11.6. The fourth-order valence-corrected chi connectivity index (χ4v) is 1.21. The molecule has 0 aliphatic heterocycles. The summed E-state index contributed by atoms with van der Waals surface area (Å²) in [5, 5.41) is 0. The van der Waals surface area contributed by atoms with E-state index >= 15 is 0 Å². The van der Waals surface area contributed by atoms with E-state index in [4.69, 9.17) is 9.29 Å². The fraction of sp³-hybridized carbons (Fsp3) is 0.750. The third kappa shape index (κ3) is 4.57. The van der Waals surface area contributed by atoms with E-state index in [9.17, 15) is 12.8 Å². The van der Waals surface area contributed by atoms with Crippen LogP contribution in [0.15, 0.2) is 11.8 Å². The summed E-state index contributed by atoms with van der Waals surface area (Å²) in [6, 6.07) is 0. The highest BCUT2D eigenvalue weighted by Crippen LogP contribution is 2.20. The second kappa shape index (κ2) is 4.27. The Kier molecular flexibility index (Phi) is 4.08. The van der Waals surface area contributed by atoms with Crippen LogP contribution in [0, 0.1) is 0 Å². The van der Waals surface area contributed by atoms with E-state index in [2.05, 4.69) is 0 Å². The second-order valence-corrected chi connectivity index (χ2v) is 5.18. The molecule has 0 aliphatic carbocycles. The van der Waals surface area contributed by atoms with E-state index in [0.717, 1.165) is 0 Å². The average molecular weight is 226 g/mol. The molecule has 0 heterocycles. The lowest BCUT2D eigenvalue weighted by molar-refractivity contribution is 0.0364. The van der Waals surface area contributed by atoms with Crippen molar-refractivity contribution in [3.05, 3.63) is 11.8 Å². The first-order chi connectivity index (χ1) is 6.08. The molecule has 1 atom stereocenters. The van der Waals surface area contributed by atoms with Gasteiger partial charge in [0.2, 0.25) is 0 Å². The van der Waals surface area contributed by atoms with Crippen molar-refractivity contribution in [2.75, 3.05) is 0 Å². The number of rotatable bonds is 3. The molecule has 84 valence electrons. The van der Waals surface area contributed by atoms with Gasteiger partial charge in [-0.05, 0) is 33.8 Å². The molecule has 1 N–H and O–H groups in total. The SMILES string of the molecule is CC=C(OC(C)(C)C)C(F)S(=O)(=O)O. The Hall–Kier alpha value is -0.620.